The predicted octanol–water partition coefficient (Wildman–Crippen LogP) is 2.48. The summed E-state index contributed by atoms with van der Waals surface area (Å²) in [6.07, 6.45) is 11.5. The fourth-order valence-corrected chi connectivity index (χ4v) is 7.22. The molecule has 10 heteroatoms. The van der Waals surface area contributed by atoms with Crippen LogP contribution in [0, 0.1) is 10.2 Å². The van der Waals surface area contributed by atoms with E-state index in [0.717, 1.165) is 25.9 Å². The third-order valence-corrected chi connectivity index (χ3v) is 8.74. The number of likely N-dealkylation sites (N-methyl/N-ethyl adjacent to an activating group) is 1. The Morgan fingerprint density at radius 3 is 2.33 bits per heavy atom. The summed E-state index contributed by atoms with van der Waals surface area (Å²) in [5.41, 5.74) is 6.85. The molecule has 0 radical (unpaired) electrons. The molecule has 0 fully saturated rings. The lowest BCUT2D eigenvalue weighted by atomic mass is 10.1. The summed E-state index contributed by atoms with van der Waals surface area (Å²) in [6.45, 7) is 6.42. The largest absolute Gasteiger partial charge is 0.377 e. The number of allylic oxidation sites excluding steroid dienone is 5. The fourth-order valence-electron chi connectivity index (χ4n) is 4.96. The molecule has 0 atom stereocenters. The molecule has 39 heavy (non-hydrogen) atoms. The third-order valence-electron chi connectivity index (χ3n) is 6.48. The van der Waals surface area contributed by atoms with Gasteiger partial charge in [0.1, 0.15) is 11.2 Å². The summed E-state index contributed by atoms with van der Waals surface area (Å²) in [6, 6.07) is 17.4. The number of thioether (sulfide) groups is 1. The molecule has 1 aromatic heterocycles. The first-order chi connectivity index (χ1) is 18.6. The maximum atomic E-state index is 8.49. The quantitative estimate of drug-likeness (QED) is 0.410. The number of rotatable bonds is 6. The first-order valence-electron chi connectivity index (χ1n) is 12.7. The van der Waals surface area contributed by atoms with Crippen molar-refractivity contribution >= 4 is 45.1 Å². The molecule has 0 saturated heterocycles. The minimum atomic E-state index is -4.94. The van der Waals surface area contributed by atoms with E-state index in [1.54, 1.807) is 0 Å². The molecule has 0 N–H and O–H groups in total. The van der Waals surface area contributed by atoms with Gasteiger partial charge in [-0.05, 0) is 68.2 Å². The maximum absolute atomic E-state index is 8.49. The summed E-state index contributed by atoms with van der Waals surface area (Å²) in [5.74, 6) is 0. The molecule has 2 aliphatic rings. The van der Waals surface area contributed by atoms with Gasteiger partial charge in [0.2, 0.25) is 5.52 Å². The molecule has 0 saturated carbocycles. The Morgan fingerprint density at radius 2 is 1.64 bits per heavy atom. The lowest BCUT2D eigenvalue weighted by Gasteiger charge is -2.19. The smallest absolute Gasteiger partial charge is 0.262 e. The molecule has 206 valence electrons. The van der Waals surface area contributed by atoms with Crippen LogP contribution < -0.4 is 28.1 Å². The Bertz CT molecular complexity index is 1450. The average Bonchev–Trinajstić information content (AvgIpc) is 3.57. The second-order valence-corrected chi connectivity index (χ2v) is 12.0. The van der Waals surface area contributed by atoms with Crippen LogP contribution >= 0.6 is 23.1 Å². The average molecular weight is 586 g/mol. The zero-order chi connectivity index (χ0) is 28.2. The molecular formula is C29H32ClN3O4S2. The van der Waals surface area contributed by atoms with E-state index in [2.05, 4.69) is 115 Å². The molecule has 2 heterocycles. The molecule has 1 aliphatic heterocycles. The van der Waals surface area contributed by atoms with Crippen LogP contribution in [0.4, 0.5) is 5.69 Å². The van der Waals surface area contributed by atoms with Crippen molar-refractivity contribution in [1.82, 2.24) is 4.90 Å². The van der Waals surface area contributed by atoms with E-state index in [1.807, 2.05) is 23.1 Å². The van der Waals surface area contributed by atoms with Gasteiger partial charge in [-0.3, -0.25) is 0 Å². The third kappa shape index (κ3) is 7.12. The summed E-state index contributed by atoms with van der Waals surface area (Å²) in [7, 11) is -0.612. The van der Waals surface area contributed by atoms with Gasteiger partial charge in [-0.2, -0.15) is 4.57 Å². The highest BCUT2D eigenvalue weighted by Crippen LogP contribution is 2.46. The Morgan fingerprint density at radius 1 is 0.949 bits per heavy atom. The standard InChI is InChI=1S/C29H32N3S2.ClHO4/c1-5-31-23-11-7-9-13-25(23)33-27(31)19-17-21-15-16-22(29(21)30(3)4)18-20-28-32(6-2)24-12-8-10-14-26(24)34-28;2-1(3,4)5/h7-14,17-20H,5-6,15-16H2,1-4H3;(H,2,3,4,5)/q+1;/p-1. The predicted molar refractivity (Wildman–Crippen MR) is 148 cm³/mol. The minimum Gasteiger partial charge on any atom is -0.377 e. The highest BCUT2D eigenvalue weighted by Gasteiger charge is 2.24. The number of hydrogen-bond donors (Lipinski definition) is 0. The van der Waals surface area contributed by atoms with Gasteiger partial charge in [-0.25, -0.2) is 18.6 Å². The first-order valence-corrected chi connectivity index (χ1v) is 15.5. The normalized spacial score (nSPS) is 17.5. The monoisotopic (exact) mass is 585 g/mol. The summed E-state index contributed by atoms with van der Waals surface area (Å²) in [4.78, 5) is 6.04. The van der Waals surface area contributed by atoms with E-state index >= 15 is 0 Å². The number of hydrogen-bond acceptors (Lipinski definition) is 8. The fraction of sp³-hybridized carbons (Fsp3) is 0.276. The number of nitrogens with zero attached hydrogens (tertiary/aromatic N) is 3. The number of benzene rings is 2. The van der Waals surface area contributed by atoms with Gasteiger partial charge in [-0.15, -0.1) is 10.2 Å². The van der Waals surface area contributed by atoms with E-state index in [9.17, 15) is 0 Å². The number of fused-ring (bicyclic) bond motifs is 2. The van der Waals surface area contributed by atoms with Crippen LogP contribution in [0.1, 0.15) is 31.7 Å². The van der Waals surface area contributed by atoms with Crippen molar-refractivity contribution in [3.05, 3.63) is 93.6 Å². The zero-order valence-electron chi connectivity index (χ0n) is 22.4. The van der Waals surface area contributed by atoms with Crippen LogP contribution in [-0.2, 0) is 6.54 Å². The Kier molecular flexibility index (Phi) is 9.56. The van der Waals surface area contributed by atoms with E-state index in [-0.39, 0.29) is 0 Å². The van der Waals surface area contributed by atoms with Crippen LogP contribution in [0.5, 0.6) is 0 Å². The summed E-state index contributed by atoms with van der Waals surface area (Å²) >= 11 is 3.75. The second kappa shape index (κ2) is 12.7. The highest BCUT2D eigenvalue weighted by molar-refractivity contribution is 8.03. The van der Waals surface area contributed by atoms with Crippen LogP contribution in [0.15, 0.2) is 93.5 Å². The van der Waals surface area contributed by atoms with Crippen LogP contribution in [0.2, 0.25) is 0 Å². The number of aromatic nitrogens is 1. The highest BCUT2D eigenvalue weighted by atomic mass is 35.7. The van der Waals surface area contributed by atoms with Gasteiger partial charge in [-0.1, -0.05) is 53.4 Å². The maximum Gasteiger partial charge on any atom is 0.262 e. The summed E-state index contributed by atoms with van der Waals surface area (Å²) in [5, 5.41) is 2.63. The molecular weight excluding hydrogens is 554 g/mol. The minimum absolute atomic E-state index is 0.982. The molecule has 0 bridgehead atoms. The Balaban J connectivity index is 0.000000648. The van der Waals surface area contributed by atoms with Gasteiger partial charge in [0, 0.05) is 43.4 Å². The van der Waals surface area contributed by atoms with Crippen molar-refractivity contribution in [1.29, 1.82) is 0 Å². The lowest BCUT2D eigenvalue weighted by molar-refractivity contribution is -2.00. The second-order valence-electron chi connectivity index (χ2n) is 9.14. The van der Waals surface area contributed by atoms with Gasteiger partial charge in [0.15, 0.2) is 0 Å². The Hall–Kier alpha value is -2.63. The van der Waals surface area contributed by atoms with Gasteiger partial charge in [0.05, 0.1) is 10.7 Å². The van der Waals surface area contributed by atoms with Gasteiger partial charge < -0.3 is 9.80 Å². The van der Waals surface area contributed by atoms with Crippen molar-refractivity contribution in [2.75, 3.05) is 25.5 Å². The van der Waals surface area contributed by atoms with E-state index < -0.39 is 10.2 Å². The van der Waals surface area contributed by atoms with E-state index in [4.69, 9.17) is 18.6 Å². The molecule has 2 aromatic carbocycles. The number of thiazole rings is 1. The van der Waals surface area contributed by atoms with E-state index in [0.29, 0.717) is 0 Å². The van der Waals surface area contributed by atoms with Crippen LogP contribution in [-0.4, -0.2) is 25.5 Å². The van der Waals surface area contributed by atoms with Crippen molar-refractivity contribution in [3.8, 4) is 0 Å². The molecule has 0 spiro atoms. The van der Waals surface area contributed by atoms with Crippen molar-refractivity contribution in [2.24, 2.45) is 0 Å². The first kappa shape index (κ1) is 29.4. The molecule has 5 rings (SSSR count). The van der Waals surface area contributed by atoms with Gasteiger partial charge >= 0.3 is 0 Å². The zero-order valence-corrected chi connectivity index (χ0v) is 24.8. The number of anilines is 1. The lowest BCUT2D eigenvalue weighted by Crippen LogP contribution is -2.68. The van der Waals surface area contributed by atoms with Crippen molar-refractivity contribution in [3.63, 3.8) is 0 Å². The van der Waals surface area contributed by atoms with Crippen LogP contribution in [0.3, 0.4) is 0 Å². The van der Waals surface area contributed by atoms with E-state index in [1.165, 1.54) is 47.7 Å². The molecule has 1 aliphatic carbocycles. The van der Waals surface area contributed by atoms with Crippen LogP contribution in [0.25, 0.3) is 16.3 Å². The van der Waals surface area contributed by atoms with Crippen molar-refractivity contribution in [2.45, 2.75) is 38.1 Å². The SMILES string of the molecule is CCN1C(=CC=C2CCC(/C=C/c3sc4ccccc4[n+]3CC)=C2N(C)C)Sc2ccccc21.[O-][Cl+3]([O-])([O-])[O-]. The topological polar surface area (TPSA) is 103 Å². The number of halogens is 1. The number of para-hydroxylation sites is 2. The molecule has 3 aromatic rings. The van der Waals surface area contributed by atoms with Crippen molar-refractivity contribution < 1.29 is 33.4 Å². The number of aryl methyl sites for hydroxylation is 1. The Labute approximate surface area is 240 Å². The van der Waals surface area contributed by atoms with Gasteiger partial charge in [0.25, 0.3) is 5.01 Å². The molecule has 7 nitrogen and oxygen atoms in total. The summed E-state index contributed by atoms with van der Waals surface area (Å²) < 4.78 is 37.7. The molecule has 0 amide bonds. The molecule has 0 unspecified atom stereocenters.